The summed E-state index contributed by atoms with van der Waals surface area (Å²) in [5.74, 6) is 0. The Hall–Kier alpha value is -7.14. The number of furan rings is 1. The van der Waals surface area contributed by atoms with Gasteiger partial charge < -0.3 is 13.6 Å². The fourth-order valence-electron chi connectivity index (χ4n) is 9.37. The van der Waals surface area contributed by atoms with E-state index in [0.717, 1.165) is 21.9 Å². The summed E-state index contributed by atoms with van der Waals surface area (Å²) in [6.45, 7) is 0. The molecule has 0 radical (unpaired) electrons. The van der Waals surface area contributed by atoms with Crippen LogP contribution in [0.3, 0.4) is 0 Å². The molecule has 0 N–H and O–H groups in total. The van der Waals surface area contributed by atoms with Crippen molar-refractivity contribution in [3.8, 4) is 22.5 Å². The van der Waals surface area contributed by atoms with Crippen molar-refractivity contribution in [2.24, 2.45) is 0 Å². The van der Waals surface area contributed by atoms with Crippen molar-refractivity contribution in [3.63, 3.8) is 0 Å². The van der Waals surface area contributed by atoms with Gasteiger partial charge in [0, 0.05) is 53.5 Å². The molecule has 0 fully saturated rings. The predicted molar refractivity (Wildman–Crippen MR) is 238 cm³/mol. The van der Waals surface area contributed by atoms with E-state index in [2.05, 4.69) is 191 Å². The van der Waals surface area contributed by atoms with Crippen LogP contribution in [-0.2, 0) is 0 Å². The maximum atomic E-state index is 6.64. The molecule has 0 aliphatic heterocycles. The van der Waals surface area contributed by atoms with Gasteiger partial charge in [0.25, 0.3) is 0 Å². The molecule has 0 spiro atoms. The second-order valence-electron chi connectivity index (χ2n) is 14.9. The summed E-state index contributed by atoms with van der Waals surface area (Å²) in [6.07, 6.45) is 0. The van der Waals surface area contributed by atoms with Gasteiger partial charge in [-0.05, 0) is 88.6 Å². The summed E-state index contributed by atoms with van der Waals surface area (Å²) in [4.78, 5) is 0. The van der Waals surface area contributed by atoms with Crippen molar-refractivity contribution in [3.05, 3.63) is 182 Å². The Morgan fingerprint density at radius 3 is 1.75 bits per heavy atom. The molecule has 260 valence electrons. The zero-order valence-corrected chi connectivity index (χ0v) is 30.8. The lowest BCUT2D eigenvalue weighted by Crippen LogP contribution is -1.94. The van der Waals surface area contributed by atoms with Gasteiger partial charge in [-0.15, -0.1) is 11.3 Å². The van der Waals surface area contributed by atoms with Crippen molar-refractivity contribution >= 4 is 108 Å². The van der Waals surface area contributed by atoms with E-state index in [9.17, 15) is 0 Å². The maximum absolute atomic E-state index is 6.64. The lowest BCUT2D eigenvalue weighted by atomic mass is 10.0. The number of thiophene rings is 1. The molecule has 3 nitrogen and oxygen atoms in total. The smallest absolute Gasteiger partial charge is 0.144 e. The fraction of sp³-hybridized carbons (Fsp3) is 0. The first-order chi connectivity index (χ1) is 27.8. The van der Waals surface area contributed by atoms with Crippen LogP contribution in [0.4, 0.5) is 0 Å². The monoisotopic (exact) mass is 730 g/mol. The van der Waals surface area contributed by atoms with Gasteiger partial charge in [-0.1, -0.05) is 115 Å². The van der Waals surface area contributed by atoms with Crippen LogP contribution in [0, 0.1) is 0 Å². The summed E-state index contributed by atoms with van der Waals surface area (Å²) >= 11 is 1.85. The van der Waals surface area contributed by atoms with Crippen LogP contribution in [0.15, 0.2) is 186 Å². The van der Waals surface area contributed by atoms with E-state index >= 15 is 0 Å². The normalized spacial score (nSPS) is 12.3. The molecule has 56 heavy (non-hydrogen) atoms. The number of nitrogens with zero attached hydrogens (tertiary/aromatic N) is 2. The van der Waals surface area contributed by atoms with Crippen LogP contribution < -0.4 is 0 Å². The second kappa shape index (κ2) is 11.2. The van der Waals surface area contributed by atoms with Crippen molar-refractivity contribution in [1.82, 2.24) is 9.13 Å². The van der Waals surface area contributed by atoms with E-state index < -0.39 is 0 Å². The highest BCUT2D eigenvalue weighted by molar-refractivity contribution is 7.26. The Balaban J connectivity index is 1.04. The number of rotatable bonds is 3. The quantitative estimate of drug-likeness (QED) is 0.177. The molecule has 9 aromatic carbocycles. The first-order valence-corrected chi connectivity index (χ1v) is 19.9. The molecule has 4 heteroatoms. The Morgan fingerprint density at radius 1 is 0.393 bits per heavy atom. The van der Waals surface area contributed by atoms with Crippen molar-refractivity contribution < 1.29 is 4.42 Å². The number of hydrogen-bond acceptors (Lipinski definition) is 2. The molecule has 13 rings (SSSR count). The van der Waals surface area contributed by atoms with E-state index in [-0.39, 0.29) is 0 Å². The Bertz CT molecular complexity index is 3780. The molecule has 0 amide bonds. The maximum Gasteiger partial charge on any atom is 0.144 e. The van der Waals surface area contributed by atoms with E-state index in [1.807, 2.05) is 11.3 Å². The third kappa shape index (κ3) is 4.11. The third-order valence-corrected chi connectivity index (χ3v) is 13.1. The molecule has 0 bridgehead atoms. The second-order valence-corrected chi connectivity index (χ2v) is 15.9. The Morgan fingerprint density at radius 2 is 0.982 bits per heavy atom. The zero-order chi connectivity index (χ0) is 36.5. The number of fused-ring (bicyclic) bond motifs is 14. The van der Waals surface area contributed by atoms with E-state index in [4.69, 9.17) is 4.42 Å². The van der Waals surface area contributed by atoms with Crippen LogP contribution in [0.25, 0.3) is 119 Å². The van der Waals surface area contributed by atoms with E-state index in [1.54, 1.807) is 0 Å². The summed E-state index contributed by atoms with van der Waals surface area (Å²) < 4.78 is 14.0. The van der Waals surface area contributed by atoms with Crippen LogP contribution in [0.2, 0.25) is 0 Å². The molecule has 0 aliphatic rings. The largest absolute Gasteiger partial charge is 0.455 e. The molecule has 0 unspecified atom stereocenters. The summed E-state index contributed by atoms with van der Waals surface area (Å²) in [5.41, 5.74) is 11.4. The minimum Gasteiger partial charge on any atom is -0.455 e. The van der Waals surface area contributed by atoms with Crippen LogP contribution in [0.5, 0.6) is 0 Å². The highest BCUT2D eigenvalue weighted by Gasteiger charge is 2.22. The van der Waals surface area contributed by atoms with Gasteiger partial charge in [0.15, 0.2) is 0 Å². The van der Waals surface area contributed by atoms with Gasteiger partial charge in [0.2, 0.25) is 0 Å². The van der Waals surface area contributed by atoms with Crippen molar-refractivity contribution in [2.45, 2.75) is 0 Å². The molecule has 0 saturated carbocycles. The minimum atomic E-state index is 0.917. The number of para-hydroxylation sites is 3. The summed E-state index contributed by atoms with van der Waals surface area (Å²) in [5, 5.41) is 12.2. The van der Waals surface area contributed by atoms with E-state index in [1.165, 1.54) is 97.1 Å². The number of aromatic nitrogens is 2. The average molecular weight is 731 g/mol. The topological polar surface area (TPSA) is 23.0 Å². The Kier molecular flexibility index (Phi) is 6.04. The highest BCUT2D eigenvalue weighted by Crippen LogP contribution is 2.47. The standard InChI is InChI=1S/C52H30N2OS/c1-2-12-32-27-35(24-21-31(32)11-1)53-43-17-7-3-13-36(43)40-28-33(22-25-45(40)53)34-23-26-46-41(29-34)37-14-4-8-18-44(37)54(46)47-30-42-38-15-5-9-19-48(38)55-51(42)50-39-16-6-10-20-49(39)56-52(47)50/h1-30H. The van der Waals surface area contributed by atoms with Crippen LogP contribution >= 0.6 is 11.3 Å². The molecule has 4 aromatic heterocycles. The third-order valence-electron chi connectivity index (χ3n) is 11.9. The predicted octanol–water partition coefficient (Wildman–Crippen LogP) is 15.0. The highest BCUT2D eigenvalue weighted by atomic mass is 32.1. The molecule has 13 aromatic rings. The number of benzene rings is 9. The summed E-state index contributed by atoms with van der Waals surface area (Å²) in [6, 6.07) is 66.5. The molecular weight excluding hydrogens is 701 g/mol. The van der Waals surface area contributed by atoms with Crippen LogP contribution in [-0.4, -0.2) is 9.13 Å². The van der Waals surface area contributed by atoms with Gasteiger partial charge in [-0.3, -0.25) is 0 Å². The lowest BCUT2D eigenvalue weighted by molar-refractivity contribution is 0.673. The molecule has 0 aliphatic carbocycles. The summed E-state index contributed by atoms with van der Waals surface area (Å²) in [7, 11) is 0. The van der Waals surface area contributed by atoms with Crippen molar-refractivity contribution in [1.29, 1.82) is 0 Å². The first kappa shape index (κ1) is 30.2. The first-order valence-electron chi connectivity index (χ1n) is 19.1. The fourth-order valence-corrected chi connectivity index (χ4v) is 10.6. The lowest BCUT2D eigenvalue weighted by Gasteiger charge is -2.11. The molecule has 0 atom stereocenters. The molecular formula is C52H30N2OS. The van der Waals surface area contributed by atoms with Gasteiger partial charge in [0.1, 0.15) is 11.2 Å². The van der Waals surface area contributed by atoms with Crippen LogP contribution in [0.1, 0.15) is 0 Å². The average Bonchev–Trinajstić information content (AvgIpc) is 4.01. The minimum absolute atomic E-state index is 0.917. The Labute approximate surface area is 324 Å². The van der Waals surface area contributed by atoms with Gasteiger partial charge in [0.05, 0.1) is 32.5 Å². The van der Waals surface area contributed by atoms with Crippen molar-refractivity contribution in [2.75, 3.05) is 0 Å². The molecule has 0 saturated heterocycles. The van der Waals surface area contributed by atoms with E-state index in [0.29, 0.717) is 0 Å². The SMILES string of the molecule is c1ccc2cc(-n3c4ccccc4c4cc(-c5ccc6c(c5)c5ccccc5n6-c5cc6c7ccccc7oc6c6c5sc5ccccc56)ccc43)ccc2c1. The number of hydrogen-bond donors (Lipinski definition) is 0. The zero-order valence-electron chi connectivity index (χ0n) is 30.0. The molecule has 4 heterocycles. The van der Waals surface area contributed by atoms with Gasteiger partial charge in [-0.25, -0.2) is 0 Å². The van der Waals surface area contributed by atoms with Gasteiger partial charge >= 0.3 is 0 Å². The van der Waals surface area contributed by atoms with Gasteiger partial charge in [-0.2, -0.15) is 0 Å².